The molecule has 4 heterocycles. The van der Waals surface area contributed by atoms with E-state index in [4.69, 9.17) is 9.51 Å². The second-order valence-corrected chi connectivity index (χ2v) is 11.8. The molecule has 1 aliphatic carbocycles. The largest absolute Gasteiger partial charge is 0.341 e. The number of fused-ring (bicyclic) bond motifs is 2. The minimum Gasteiger partial charge on any atom is -0.341 e. The molecule has 1 aromatic carbocycles. The number of H-pyrrole nitrogens is 1. The SMILES string of the molecule is Cc1nn(C(C)C)cc1-c1nc2nccc(-c3ccc4c(c3)CCC[C@H]4NC(=O)c3nc(C(C)(C)C)no3)c2[nH]1. The molecule has 0 saturated heterocycles. The molecule has 1 aliphatic rings. The molecular formula is C30H34N8O2. The third kappa shape index (κ3) is 4.67. The lowest BCUT2D eigenvalue weighted by molar-refractivity contribution is 0.0888. The summed E-state index contributed by atoms with van der Waals surface area (Å²) in [6, 6.07) is 8.60. The summed E-state index contributed by atoms with van der Waals surface area (Å²) in [5.41, 5.74) is 7.60. The summed E-state index contributed by atoms with van der Waals surface area (Å²) < 4.78 is 7.21. The van der Waals surface area contributed by atoms with E-state index in [1.807, 2.05) is 44.6 Å². The molecule has 2 N–H and O–H groups in total. The second kappa shape index (κ2) is 9.69. The van der Waals surface area contributed by atoms with Crippen LogP contribution in [0, 0.1) is 6.92 Å². The zero-order chi connectivity index (χ0) is 28.2. The molecule has 10 heteroatoms. The highest BCUT2D eigenvalue weighted by atomic mass is 16.5. The van der Waals surface area contributed by atoms with Crippen molar-refractivity contribution in [1.29, 1.82) is 0 Å². The molecule has 0 fully saturated rings. The highest BCUT2D eigenvalue weighted by Crippen LogP contribution is 2.35. The second-order valence-electron chi connectivity index (χ2n) is 11.8. The fourth-order valence-electron chi connectivity index (χ4n) is 5.23. The van der Waals surface area contributed by atoms with Crippen molar-refractivity contribution in [2.45, 2.75) is 78.3 Å². The summed E-state index contributed by atoms with van der Waals surface area (Å²) in [5.74, 6) is 0.926. The molecule has 10 nitrogen and oxygen atoms in total. The van der Waals surface area contributed by atoms with Crippen LogP contribution in [0.4, 0.5) is 0 Å². The molecule has 0 unspecified atom stereocenters. The normalized spacial score (nSPS) is 15.5. The van der Waals surface area contributed by atoms with Crippen LogP contribution in [0.5, 0.6) is 0 Å². The van der Waals surface area contributed by atoms with Crippen molar-refractivity contribution in [2.75, 3.05) is 0 Å². The van der Waals surface area contributed by atoms with Gasteiger partial charge in [0.1, 0.15) is 5.82 Å². The summed E-state index contributed by atoms with van der Waals surface area (Å²) in [6.45, 7) is 12.2. The Bertz CT molecular complexity index is 1720. The number of carbonyl (C=O) groups excluding carboxylic acids is 1. The molecule has 0 aliphatic heterocycles. The number of carbonyl (C=O) groups is 1. The van der Waals surface area contributed by atoms with E-state index >= 15 is 0 Å². The van der Waals surface area contributed by atoms with Crippen molar-refractivity contribution in [3.63, 3.8) is 0 Å². The van der Waals surface area contributed by atoms with Crippen LogP contribution in [0.2, 0.25) is 0 Å². The van der Waals surface area contributed by atoms with Crippen LogP contribution in [0.1, 0.15) is 92.9 Å². The quantitative estimate of drug-likeness (QED) is 0.287. The zero-order valence-corrected chi connectivity index (χ0v) is 23.7. The van der Waals surface area contributed by atoms with Gasteiger partial charge in [0.05, 0.1) is 22.8 Å². The molecule has 40 heavy (non-hydrogen) atoms. The maximum absolute atomic E-state index is 12.9. The zero-order valence-electron chi connectivity index (χ0n) is 23.7. The van der Waals surface area contributed by atoms with Crippen LogP contribution in [-0.2, 0) is 11.8 Å². The first-order chi connectivity index (χ1) is 19.1. The van der Waals surface area contributed by atoms with E-state index in [1.165, 1.54) is 5.56 Å². The third-order valence-electron chi connectivity index (χ3n) is 7.46. The van der Waals surface area contributed by atoms with Gasteiger partial charge in [-0.2, -0.15) is 10.1 Å². The van der Waals surface area contributed by atoms with Gasteiger partial charge in [-0.1, -0.05) is 44.1 Å². The maximum atomic E-state index is 12.9. The minimum absolute atomic E-state index is 0.00271. The van der Waals surface area contributed by atoms with Gasteiger partial charge in [0.2, 0.25) is 0 Å². The number of aromatic nitrogens is 7. The van der Waals surface area contributed by atoms with Gasteiger partial charge in [-0.25, -0.2) is 9.97 Å². The number of rotatable bonds is 5. The monoisotopic (exact) mass is 538 g/mol. The van der Waals surface area contributed by atoms with E-state index in [1.54, 1.807) is 6.20 Å². The number of hydrogen-bond donors (Lipinski definition) is 2. The molecule has 1 atom stereocenters. The number of benzene rings is 1. The number of hydrogen-bond acceptors (Lipinski definition) is 7. The van der Waals surface area contributed by atoms with E-state index in [2.05, 4.69) is 62.6 Å². The molecule has 0 saturated carbocycles. The van der Waals surface area contributed by atoms with Crippen LogP contribution in [0.15, 0.2) is 41.2 Å². The van der Waals surface area contributed by atoms with Crippen molar-refractivity contribution in [2.24, 2.45) is 0 Å². The Hall–Kier alpha value is -4.34. The first-order valence-corrected chi connectivity index (χ1v) is 13.8. The highest BCUT2D eigenvalue weighted by molar-refractivity contribution is 5.92. The molecule has 6 rings (SSSR count). The Labute approximate surface area is 232 Å². The van der Waals surface area contributed by atoms with E-state index in [9.17, 15) is 4.79 Å². The lowest BCUT2D eigenvalue weighted by Crippen LogP contribution is -2.31. The molecular weight excluding hydrogens is 504 g/mol. The van der Waals surface area contributed by atoms with Crippen LogP contribution < -0.4 is 5.32 Å². The fourth-order valence-corrected chi connectivity index (χ4v) is 5.23. The lowest BCUT2D eigenvalue weighted by atomic mass is 9.85. The van der Waals surface area contributed by atoms with E-state index in [0.717, 1.165) is 58.6 Å². The van der Waals surface area contributed by atoms with Crippen LogP contribution in [-0.4, -0.2) is 40.8 Å². The predicted molar refractivity (Wildman–Crippen MR) is 152 cm³/mol. The molecule has 1 amide bonds. The summed E-state index contributed by atoms with van der Waals surface area (Å²) in [6.07, 6.45) is 6.59. The van der Waals surface area contributed by atoms with E-state index in [-0.39, 0.29) is 29.3 Å². The molecule has 0 radical (unpaired) electrons. The third-order valence-corrected chi connectivity index (χ3v) is 7.46. The van der Waals surface area contributed by atoms with Crippen molar-refractivity contribution in [3.8, 4) is 22.5 Å². The van der Waals surface area contributed by atoms with Gasteiger partial charge in [0.25, 0.3) is 0 Å². The number of pyridine rings is 1. The van der Waals surface area contributed by atoms with Gasteiger partial charge in [-0.3, -0.25) is 9.48 Å². The summed E-state index contributed by atoms with van der Waals surface area (Å²) in [4.78, 5) is 30.1. The molecule has 206 valence electrons. The van der Waals surface area contributed by atoms with Crippen molar-refractivity contribution < 1.29 is 9.32 Å². The number of imidazole rings is 1. The Balaban J connectivity index is 1.29. The molecule has 0 spiro atoms. The number of aromatic amines is 1. The maximum Gasteiger partial charge on any atom is 0.315 e. The summed E-state index contributed by atoms with van der Waals surface area (Å²) in [5, 5.41) is 11.7. The smallest absolute Gasteiger partial charge is 0.315 e. The Morgan fingerprint density at radius 3 is 2.73 bits per heavy atom. The lowest BCUT2D eigenvalue weighted by Gasteiger charge is -2.26. The van der Waals surface area contributed by atoms with Crippen molar-refractivity contribution in [3.05, 3.63) is 65.2 Å². The Morgan fingerprint density at radius 1 is 1.18 bits per heavy atom. The predicted octanol–water partition coefficient (Wildman–Crippen LogP) is 5.87. The molecule has 5 aromatic rings. The minimum atomic E-state index is -0.346. The van der Waals surface area contributed by atoms with Crippen molar-refractivity contribution in [1.82, 2.24) is 40.2 Å². The van der Waals surface area contributed by atoms with Crippen LogP contribution >= 0.6 is 0 Å². The Kier molecular flexibility index (Phi) is 6.28. The molecule has 0 bridgehead atoms. The van der Waals surface area contributed by atoms with Gasteiger partial charge >= 0.3 is 11.8 Å². The highest BCUT2D eigenvalue weighted by Gasteiger charge is 2.28. The topological polar surface area (TPSA) is 127 Å². The number of nitrogens with zero attached hydrogens (tertiary/aromatic N) is 6. The average Bonchev–Trinajstić information content (AvgIpc) is 3.66. The number of amides is 1. The summed E-state index contributed by atoms with van der Waals surface area (Å²) in [7, 11) is 0. The standard InChI is InChI=1S/C30H34N8O2/c1-16(2)38-15-22(17(3)36-38)25-33-24-21(12-13-31-26(24)34-25)19-10-11-20-18(14-19)8-7-9-23(20)32-27(39)28-35-29(37-40-28)30(4,5)6/h10-16,23H,7-9H2,1-6H3,(H,32,39)(H,31,33,34)/t23-/m1/s1. The van der Waals surface area contributed by atoms with Crippen LogP contribution in [0.25, 0.3) is 33.7 Å². The van der Waals surface area contributed by atoms with Gasteiger partial charge in [-0.05, 0) is 62.8 Å². The Morgan fingerprint density at radius 2 is 2.00 bits per heavy atom. The number of aryl methyl sites for hydroxylation is 2. The molecule has 4 aromatic heterocycles. The first-order valence-electron chi connectivity index (χ1n) is 13.8. The van der Waals surface area contributed by atoms with Crippen molar-refractivity contribution >= 4 is 17.1 Å². The van der Waals surface area contributed by atoms with Gasteiger partial charge in [-0.15, -0.1) is 0 Å². The van der Waals surface area contributed by atoms with E-state index < -0.39 is 0 Å². The van der Waals surface area contributed by atoms with Gasteiger partial charge < -0.3 is 14.8 Å². The van der Waals surface area contributed by atoms with Crippen LogP contribution in [0.3, 0.4) is 0 Å². The number of nitrogens with one attached hydrogen (secondary N) is 2. The van der Waals surface area contributed by atoms with E-state index in [0.29, 0.717) is 11.5 Å². The summed E-state index contributed by atoms with van der Waals surface area (Å²) >= 11 is 0. The van der Waals surface area contributed by atoms with Gasteiger partial charge in [0.15, 0.2) is 11.5 Å². The fraction of sp³-hybridized carbons (Fsp3) is 0.400. The van der Waals surface area contributed by atoms with Gasteiger partial charge in [0, 0.05) is 29.4 Å². The first kappa shape index (κ1) is 25.9. The average molecular weight is 539 g/mol.